The number of benzene rings is 1. The number of hydrogen-bond acceptors (Lipinski definition) is 8. The lowest BCUT2D eigenvalue weighted by Gasteiger charge is -2.12. The zero-order valence-corrected chi connectivity index (χ0v) is 15.7. The van der Waals surface area contributed by atoms with Crippen molar-refractivity contribution in [1.29, 1.82) is 5.26 Å². The van der Waals surface area contributed by atoms with Crippen LogP contribution in [0.15, 0.2) is 33.2 Å². The molecule has 0 amide bonds. The van der Waals surface area contributed by atoms with Crippen LogP contribution >= 0.6 is 0 Å². The number of ether oxygens (including phenoxy) is 1. The van der Waals surface area contributed by atoms with E-state index in [4.69, 9.17) is 4.74 Å². The highest BCUT2D eigenvalue weighted by Gasteiger charge is 2.19. The number of azo groups is 1. The van der Waals surface area contributed by atoms with Crippen LogP contribution < -0.4 is 5.56 Å². The van der Waals surface area contributed by atoms with Gasteiger partial charge in [-0.3, -0.25) is 19.5 Å². The number of nitriles is 1. The molecule has 1 aromatic heterocycles. The van der Waals surface area contributed by atoms with Gasteiger partial charge in [0.2, 0.25) is 5.88 Å². The Morgan fingerprint density at radius 3 is 2.68 bits per heavy atom. The number of aromatic hydroxyl groups is 1. The topological polar surface area (TPSA) is 143 Å². The first kappa shape index (κ1) is 20.7. The summed E-state index contributed by atoms with van der Waals surface area (Å²) in [5.74, 6) is -0.438. The molecule has 0 saturated heterocycles. The summed E-state index contributed by atoms with van der Waals surface area (Å²) < 4.78 is 5.98. The highest BCUT2D eigenvalue weighted by molar-refractivity contribution is 5.57. The third kappa shape index (κ3) is 4.21. The molecule has 0 spiro atoms. The molecule has 2 aromatic rings. The van der Waals surface area contributed by atoms with Crippen LogP contribution in [-0.4, -0.2) is 28.3 Å². The fraction of sp³-hybridized carbons (Fsp3) is 0.333. The first-order valence-corrected chi connectivity index (χ1v) is 8.34. The van der Waals surface area contributed by atoms with Crippen LogP contribution in [0.1, 0.15) is 23.1 Å². The first-order valence-electron chi connectivity index (χ1n) is 8.34. The van der Waals surface area contributed by atoms with Crippen molar-refractivity contribution in [3.8, 4) is 11.9 Å². The van der Waals surface area contributed by atoms with E-state index in [1.54, 1.807) is 6.92 Å². The van der Waals surface area contributed by atoms with Gasteiger partial charge in [0.05, 0.1) is 10.6 Å². The summed E-state index contributed by atoms with van der Waals surface area (Å²) in [7, 11) is 1.51. The number of rotatable bonds is 7. The van der Waals surface area contributed by atoms with Gasteiger partial charge in [-0.2, -0.15) is 5.26 Å². The Morgan fingerprint density at radius 1 is 1.36 bits per heavy atom. The molecule has 0 radical (unpaired) electrons. The van der Waals surface area contributed by atoms with Crippen LogP contribution in [0.4, 0.5) is 17.1 Å². The summed E-state index contributed by atoms with van der Waals surface area (Å²) in [6.07, 6.45) is 0.443. The van der Waals surface area contributed by atoms with Crippen molar-refractivity contribution in [2.75, 3.05) is 13.7 Å². The van der Waals surface area contributed by atoms with Crippen LogP contribution in [0, 0.1) is 35.3 Å². The van der Waals surface area contributed by atoms with E-state index >= 15 is 0 Å². The summed E-state index contributed by atoms with van der Waals surface area (Å²) in [4.78, 5) is 23.1. The smallest absolute Gasteiger partial charge is 0.281 e. The van der Waals surface area contributed by atoms with E-state index in [2.05, 4.69) is 10.2 Å². The lowest BCUT2D eigenvalue weighted by Crippen LogP contribution is -2.22. The number of pyridine rings is 1. The normalized spacial score (nSPS) is 10.9. The number of methoxy groups -OCH3 is 1. The van der Waals surface area contributed by atoms with E-state index in [0.29, 0.717) is 18.6 Å². The minimum Gasteiger partial charge on any atom is -0.493 e. The summed E-state index contributed by atoms with van der Waals surface area (Å²) >= 11 is 0. The Morgan fingerprint density at radius 2 is 2.07 bits per heavy atom. The van der Waals surface area contributed by atoms with Crippen molar-refractivity contribution in [2.45, 2.75) is 26.8 Å². The second kappa shape index (κ2) is 8.88. The van der Waals surface area contributed by atoms with E-state index in [1.165, 1.54) is 32.2 Å². The molecule has 0 aliphatic rings. The Labute approximate surface area is 160 Å². The lowest BCUT2D eigenvalue weighted by molar-refractivity contribution is -0.384. The highest BCUT2D eigenvalue weighted by Crippen LogP contribution is 2.29. The Balaban J connectivity index is 2.57. The zero-order chi connectivity index (χ0) is 20.8. The van der Waals surface area contributed by atoms with E-state index in [0.717, 1.165) is 4.57 Å². The van der Waals surface area contributed by atoms with Crippen molar-refractivity contribution in [2.24, 2.45) is 10.2 Å². The van der Waals surface area contributed by atoms with Gasteiger partial charge in [-0.05, 0) is 25.8 Å². The molecule has 146 valence electrons. The van der Waals surface area contributed by atoms with E-state index in [1.807, 2.05) is 6.07 Å². The molecule has 1 aromatic carbocycles. The molecule has 10 nitrogen and oxygen atoms in total. The maximum Gasteiger partial charge on any atom is 0.281 e. The quantitative estimate of drug-likeness (QED) is 0.335. The molecule has 28 heavy (non-hydrogen) atoms. The van der Waals surface area contributed by atoms with Crippen LogP contribution in [0.5, 0.6) is 5.88 Å². The molecule has 0 aliphatic heterocycles. The predicted molar refractivity (Wildman–Crippen MR) is 100 cm³/mol. The number of aryl methyl sites for hydroxylation is 1. The van der Waals surface area contributed by atoms with E-state index in [-0.39, 0.29) is 34.7 Å². The zero-order valence-electron chi connectivity index (χ0n) is 15.7. The molecule has 1 heterocycles. The van der Waals surface area contributed by atoms with Crippen molar-refractivity contribution in [3.05, 3.63) is 55.4 Å². The number of aromatic nitrogens is 1. The van der Waals surface area contributed by atoms with Gasteiger partial charge in [-0.15, -0.1) is 10.2 Å². The lowest BCUT2D eigenvalue weighted by atomic mass is 10.1. The summed E-state index contributed by atoms with van der Waals surface area (Å²) in [6, 6.07) is 5.98. The van der Waals surface area contributed by atoms with Crippen LogP contribution in [0.2, 0.25) is 0 Å². The molecule has 0 fully saturated rings. The maximum atomic E-state index is 12.7. The molecular weight excluding hydrogens is 366 g/mol. The van der Waals surface area contributed by atoms with E-state index in [9.17, 15) is 25.3 Å². The first-order chi connectivity index (χ1) is 13.3. The fourth-order valence-corrected chi connectivity index (χ4v) is 2.55. The third-order valence-corrected chi connectivity index (χ3v) is 4.16. The van der Waals surface area contributed by atoms with Crippen molar-refractivity contribution >= 4 is 17.1 Å². The van der Waals surface area contributed by atoms with Gasteiger partial charge in [-0.1, -0.05) is 6.07 Å². The van der Waals surface area contributed by atoms with Crippen LogP contribution in [-0.2, 0) is 11.3 Å². The molecule has 10 heteroatoms. The summed E-state index contributed by atoms with van der Waals surface area (Å²) in [5, 5.41) is 38.5. The van der Waals surface area contributed by atoms with Crippen LogP contribution in [0.25, 0.3) is 0 Å². The number of nitrogens with zero attached hydrogens (tertiary/aromatic N) is 5. The van der Waals surface area contributed by atoms with Gasteiger partial charge in [0.1, 0.15) is 11.6 Å². The average molecular weight is 385 g/mol. The van der Waals surface area contributed by atoms with Crippen LogP contribution in [0.3, 0.4) is 0 Å². The molecule has 0 bridgehead atoms. The van der Waals surface area contributed by atoms with Crippen molar-refractivity contribution in [1.82, 2.24) is 4.57 Å². The molecule has 0 saturated carbocycles. The number of hydrogen-bond donors (Lipinski definition) is 1. The average Bonchev–Trinajstić information content (AvgIpc) is 2.66. The largest absolute Gasteiger partial charge is 0.493 e. The van der Waals surface area contributed by atoms with Crippen molar-refractivity contribution in [3.63, 3.8) is 0 Å². The summed E-state index contributed by atoms with van der Waals surface area (Å²) in [5.41, 5.74) is 0.0741. The van der Waals surface area contributed by atoms with E-state index < -0.39 is 16.4 Å². The number of non-ortho nitro benzene ring substituents is 1. The minimum absolute atomic E-state index is 0.0817. The van der Waals surface area contributed by atoms with Gasteiger partial charge in [0, 0.05) is 38.0 Å². The molecule has 0 atom stereocenters. The number of nitro groups is 1. The number of nitro benzene ring substituents is 1. The second-order valence-electron chi connectivity index (χ2n) is 6.02. The van der Waals surface area contributed by atoms with Gasteiger partial charge < -0.3 is 9.84 Å². The molecular formula is C18H19N5O5. The highest BCUT2D eigenvalue weighted by atomic mass is 16.6. The SMILES string of the molecule is COCCCn1c(O)c(C#N)c(C)c(N=Nc2cc([N+](=O)[O-])ccc2C)c1=O. The Kier molecular flexibility index (Phi) is 6.57. The Hall–Kier alpha value is -3.58. The second-order valence-corrected chi connectivity index (χ2v) is 6.02. The monoisotopic (exact) mass is 385 g/mol. The maximum absolute atomic E-state index is 12.7. The third-order valence-electron chi connectivity index (χ3n) is 4.16. The summed E-state index contributed by atoms with van der Waals surface area (Å²) in [6.45, 7) is 3.68. The molecule has 0 aliphatic carbocycles. The van der Waals surface area contributed by atoms with Gasteiger partial charge in [-0.25, -0.2) is 0 Å². The molecule has 1 N–H and O–H groups in total. The van der Waals surface area contributed by atoms with Gasteiger partial charge in [0.15, 0.2) is 5.69 Å². The Bertz CT molecular complexity index is 1040. The standard InChI is InChI=1S/C18H19N5O5/c1-11-5-6-13(23(26)27)9-15(11)20-21-16-12(2)14(10-19)17(24)22(18(16)25)7-4-8-28-3/h5-6,9,24H,4,7-8H2,1-3H3. The predicted octanol–water partition coefficient (Wildman–Crippen LogP) is 3.40. The fourth-order valence-electron chi connectivity index (χ4n) is 2.55. The molecule has 2 rings (SSSR count). The molecule has 0 unspecified atom stereocenters. The van der Waals surface area contributed by atoms with Gasteiger partial charge in [0.25, 0.3) is 11.2 Å². The van der Waals surface area contributed by atoms with Gasteiger partial charge >= 0.3 is 0 Å². The minimum atomic E-state index is -0.614. The van der Waals surface area contributed by atoms with Crippen molar-refractivity contribution < 1.29 is 14.8 Å².